The molecular formula is C10H20N2O. The van der Waals surface area contributed by atoms with Gasteiger partial charge in [0.25, 0.3) is 0 Å². The maximum atomic E-state index is 10.4. The number of hydrogen-bond acceptors (Lipinski definition) is 3. The van der Waals surface area contributed by atoms with Gasteiger partial charge in [0.15, 0.2) is 0 Å². The maximum Gasteiger partial charge on any atom is 0.0923 e. The average Bonchev–Trinajstić information content (AvgIpc) is 2.55. The van der Waals surface area contributed by atoms with Gasteiger partial charge in [0.1, 0.15) is 0 Å². The second-order valence-corrected chi connectivity index (χ2v) is 4.46. The van der Waals surface area contributed by atoms with Crippen molar-refractivity contribution in [2.24, 2.45) is 5.73 Å². The molecule has 0 aliphatic carbocycles. The van der Waals surface area contributed by atoms with Crippen LogP contribution in [0.2, 0.25) is 0 Å². The van der Waals surface area contributed by atoms with Crippen LogP contribution < -0.4 is 5.73 Å². The average molecular weight is 184 g/mol. The summed E-state index contributed by atoms with van der Waals surface area (Å²) in [5, 5.41) is 10.4. The molecule has 76 valence electrons. The fourth-order valence-electron chi connectivity index (χ4n) is 2.85. The molecule has 0 bridgehead atoms. The van der Waals surface area contributed by atoms with Crippen molar-refractivity contribution < 1.29 is 5.11 Å². The molecule has 2 heterocycles. The van der Waals surface area contributed by atoms with Gasteiger partial charge in [0.05, 0.1) is 5.60 Å². The summed E-state index contributed by atoms with van der Waals surface area (Å²) in [4.78, 5) is 2.43. The first kappa shape index (κ1) is 9.44. The number of hydrogen-bond donors (Lipinski definition) is 2. The Labute approximate surface area is 79.9 Å². The van der Waals surface area contributed by atoms with E-state index in [4.69, 9.17) is 5.73 Å². The molecule has 0 aromatic heterocycles. The molecule has 2 fully saturated rings. The minimum atomic E-state index is -0.590. The van der Waals surface area contributed by atoms with E-state index in [1.807, 2.05) is 0 Å². The highest BCUT2D eigenvalue weighted by molar-refractivity contribution is 4.98. The molecule has 13 heavy (non-hydrogen) atoms. The number of aliphatic hydroxyl groups is 1. The van der Waals surface area contributed by atoms with E-state index in [-0.39, 0.29) is 0 Å². The summed E-state index contributed by atoms with van der Waals surface area (Å²) in [5.74, 6) is 0. The number of nitrogens with two attached hydrogens (primary N) is 1. The Morgan fingerprint density at radius 2 is 2.08 bits per heavy atom. The van der Waals surface area contributed by atoms with E-state index >= 15 is 0 Å². The van der Waals surface area contributed by atoms with Crippen LogP contribution in [-0.2, 0) is 0 Å². The molecule has 0 aromatic carbocycles. The van der Waals surface area contributed by atoms with Crippen molar-refractivity contribution in [1.82, 2.24) is 4.90 Å². The third kappa shape index (κ3) is 1.60. The zero-order chi connectivity index (χ0) is 9.31. The van der Waals surface area contributed by atoms with Gasteiger partial charge < -0.3 is 10.8 Å². The highest BCUT2D eigenvalue weighted by atomic mass is 16.3. The summed E-state index contributed by atoms with van der Waals surface area (Å²) in [6.45, 7) is 2.74. The second-order valence-electron chi connectivity index (χ2n) is 4.46. The van der Waals surface area contributed by atoms with Gasteiger partial charge in [-0.1, -0.05) is 0 Å². The van der Waals surface area contributed by atoms with Gasteiger partial charge in [0, 0.05) is 12.6 Å². The normalized spacial score (nSPS) is 41.5. The van der Waals surface area contributed by atoms with E-state index in [9.17, 15) is 5.11 Å². The molecule has 0 saturated carbocycles. The van der Waals surface area contributed by atoms with E-state index in [1.165, 1.54) is 12.8 Å². The summed E-state index contributed by atoms with van der Waals surface area (Å²) in [5.41, 5.74) is 5.10. The minimum Gasteiger partial charge on any atom is -0.387 e. The molecule has 2 aliphatic heterocycles. The first-order valence-electron chi connectivity index (χ1n) is 5.43. The van der Waals surface area contributed by atoms with Crippen molar-refractivity contribution in [2.75, 3.05) is 19.6 Å². The molecule has 3 N–H and O–H groups in total. The summed E-state index contributed by atoms with van der Waals surface area (Å²) < 4.78 is 0. The Morgan fingerprint density at radius 1 is 1.31 bits per heavy atom. The van der Waals surface area contributed by atoms with Crippen molar-refractivity contribution >= 4 is 0 Å². The fraction of sp³-hybridized carbons (Fsp3) is 1.00. The molecule has 3 nitrogen and oxygen atoms in total. The van der Waals surface area contributed by atoms with E-state index < -0.39 is 5.60 Å². The Bertz CT molecular complexity index is 186. The lowest BCUT2D eigenvalue weighted by molar-refractivity contribution is -0.0220. The highest BCUT2D eigenvalue weighted by Crippen LogP contribution is 2.33. The van der Waals surface area contributed by atoms with Crippen LogP contribution in [0.1, 0.15) is 32.1 Å². The van der Waals surface area contributed by atoms with Gasteiger partial charge in [-0.3, -0.25) is 4.90 Å². The van der Waals surface area contributed by atoms with Crippen LogP contribution in [0.15, 0.2) is 0 Å². The Morgan fingerprint density at radius 3 is 2.85 bits per heavy atom. The number of rotatable bonds is 1. The molecule has 2 aliphatic rings. The molecule has 2 rings (SSSR count). The minimum absolute atomic E-state index is 0.347. The zero-order valence-corrected chi connectivity index (χ0v) is 8.21. The summed E-state index contributed by atoms with van der Waals surface area (Å²) >= 11 is 0. The van der Waals surface area contributed by atoms with Crippen molar-refractivity contribution in [3.05, 3.63) is 0 Å². The lowest BCUT2D eigenvalue weighted by Gasteiger charge is -2.36. The predicted octanol–water partition coefficient (Wildman–Crippen LogP) is 0.324. The molecule has 0 aromatic rings. The third-order valence-corrected chi connectivity index (χ3v) is 3.64. The quantitative estimate of drug-likeness (QED) is 0.617. The van der Waals surface area contributed by atoms with Gasteiger partial charge in [-0.2, -0.15) is 0 Å². The third-order valence-electron chi connectivity index (χ3n) is 3.64. The van der Waals surface area contributed by atoms with Gasteiger partial charge >= 0.3 is 0 Å². The highest BCUT2D eigenvalue weighted by Gasteiger charge is 2.42. The molecule has 0 amide bonds. The van der Waals surface area contributed by atoms with E-state index in [0.717, 1.165) is 32.4 Å². The number of fused-ring (bicyclic) bond motifs is 1. The zero-order valence-electron chi connectivity index (χ0n) is 8.21. The lowest BCUT2D eigenvalue weighted by Crippen LogP contribution is -2.53. The van der Waals surface area contributed by atoms with Crippen LogP contribution in [0, 0.1) is 0 Å². The van der Waals surface area contributed by atoms with E-state index in [0.29, 0.717) is 12.6 Å². The second kappa shape index (κ2) is 3.56. The van der Waals surface area contributed by atoms with Crippen LogP contribution >= 0.6 is 0 Å². The molecule has 0 spiro atoms. The van der Waals surface area contributed by atoms with Gasteiger partial charge in [-0.25, -0.2) is 0 Å². The van der Waals surface area contributed by atoms with Gasteiger partial charge in [-0.05, 0) is 45.2 Å². The standard InChI is InChI=1S/C10H20N2O/c11-8-10(13)5-1-2-6-12-7-3-4-9(10)12/h9,13H,1-8,11H2. The van der Waals surface area contributed by atoms with Crippen molar-refractivity contribution in [3.63, 3.8) is 0 Å². The van der Waals surface area contributed by atoms with E-state index in [2.05, 4.69) is 4.90 Å². The molecular weight excluding hydrogens is 164 g/mol. The first-order chi connectivity index (χ1) is 6.26. The van der Waals surface area contributed by atoms with Crippen molar-refractivity contribution in [2.45, 2.75) is 43.7 Å². The smallest absolute Gasteiger partial charge is 0.0923 e. The summed E-state index contributed by atoms with van der Waals surface area (Å²) in [6.07, 6.45) is 5.60. The first-order valence-corrected chi connectivity index (χ1v) is 5.43. The van der Waals surface area contributed by atoms with Gasteiger partial charge in [0.2, 0.25) is 0 Å². The molecule has 2 saturated heterocycles. The number of nitrogens with zero attached hydrogens (tertiary/aromatic N) is 1. The van der Waals surface area contributed by atoms with Crippen molar-refractivity contribution in [1.29, 1.82) is 0 Å². The largest absolute Gasteiger partial charge is 0.387 e. The van der Waals surface area contributed by atoms with Gasteiger partial charge in [-0.15, -0.1) is 0 Å². The Hall–Kier alpha value is -0.120. The predicted molar refractivity (Wildman–Crippen MR) is 52.5 cm³/mol. The van der Waals surface area contributed by atoms with Crippen LogP contribution in [0.5, 0.6) is 0 Å². The molecule has 2 unspecified atom stereocenters. The lowest BCUT2D eigenvalue weighted by atomic mass is 9.88. The van der Waals surface area contributed by atoms with Crippen molar-refractivity contribution in [3.8, 4) is 0 Å². The molecule has 2 atom stereocenters. The van der Waals surface area contributed by atoms with Crippen LogP contribution in [0.4, 0.5) is 0 Å². The topological polar surface area (TPSA) is 49.5 Å². The Kier molecular flexibility index (Phi) is 2.58. The Balaban J connectivity index is 2.15. The van der Waals surface area contributed by atoms with E-state index in [1.54, 1.807) is 0 Å². The monoisotopic (exact) mass is 184 g/mol. The molecule has 0 radical (unpaired) electrons. The van der Waals surface area contributed by atoms with Crippen LogP contribution in [0.3, 0.4) is 0 Å². The SMILES string of the molecule is NCC1(O)CCCCN2CCCC21. The maximum absolute atomic E-state index is 10.4. The van der Waals surface area contributed by atoms with Crippen LogP contribution in [-0.4, -0.2) is 41.3 Å². The van der Waals surface area contributed by atoms with Crippen LogP contribution in [0.25, 0.3) is 0 Å². The summed E-state index contributed by atoms with van der Waals surface area (Å²) in [6, 6.07) is 0.347. The fourth-order valence-corrected chi connectivity index (χ4v) is 2.85. The molecule has 3 heteroatoms. The summed E-state index contributed by atoms with van der Waals surface area (Å²) in [7, 11) is 0.